The van der Waals surface area contributed by atoms with Crippen LogP contribution in [0.2, 0.25) is 0 Å². The van der Waals surface area contributed by atoms with Gasteiger partial charge in [-0.3, -0.25) is 4.98 Å². The molecule has 2 N–H and O–H groups in total. The highest BCUT2D eigenvalue weighted by molar-refractivity contribution is 7.80. The zero-order chi connectivity index (χ0) is 12.4. The minimum absolute atomic E-state index is 0.381. The zero-order valence-electron chi connectivity index (χ0n) is 10.4. The number of nitrogens with two attached hydrogens (primary N) is 1. The zero-order valence-corrected chi connectivity index (χ0v) is 11.2. The number of thiocarbonyl (C=S) groups is 1. The predicted molar refractivity (Wildman–Crippen MR) is 75.3 cm³/mol. The Balaban J connectivity index is 2.36. The lowest BCUT2D eigenvalue weighted by Crippen LogP contribution is -2.43. The number of piperidine rings is 1. The molecular formula is C13H19N3S. The SMILES string of the molecule is CC1CCCN(c2cccnc2C(N)=S)C1C. The van der Waals surface area contributed by atoms with Crippen LogP contribution in [0.15, 0.2) is 18.3 Å². The highest BCUT2D eigenvalue weighted by Gasteiger charge is 2.26. The van der Waals surface area contributed by atoms with Crippen molar-refractivity contribution in [2.45, 2.75) is 32.7 Å². The summed E-state index contributed by atoms with van der Waals surface area (Å²) in [6.07, 6.45) is 4.26. The maximum atomic E-state index is 5.74. The molecule has 1 saturated heterocycles. The fraction of sp³-hybridized carbons (Fsp3) is 0.538. The van der Waals surface area contributed by atoms with Crippen LogP contribution in [0.25, 0.3) is 0 Å². The lowest BCUT2D eigenvalue weighted by Gasteiger charge is -2.40. The molecule has 0 aromatic carbocycles. The number of aromatic nitrogens is 1. The Kier molecular flexibility index (Phi) is 3.62. The average Bonchev–Trinajstić information content (AvgIpc) is 2.33. The molecule has 2 unspecified atom stereocenters. The van der Waals surface area contributed by atoms with Crippen LogP contribution in [0.1, 0.15) is 32.4 Å². The number of anilines is 1. The molecule has 17 heavy (non-hydrogen) atoms. The second-order valence-corrected chi connectivity index (χ2v) is 5.23. The van der Waals surface area contributed by atoms with Crippen molar-refractivity contribution in [3.05, 3.63) is 24.0 Å². The van der Waals surface area contributed by atoms with E-state index in [2.05, 4.69) is 29.8 Å². The molecule has 0 saturated carbocycles. The van der Waals surface area contributed by atoms with Gasteiger partial charge in [0.05, 0.1) is 5.69 Å². The Hall–Kier alpha value is -1.16. The van der Waals surface area contributed by atoms with Crippen molar-refractivity contribution in [1.29, 1.82) is 0 Å². The molecule has 92 valence electrons. The molecule has 2 atom stereocenters. The van der Waals surface area contributed by atoms with Gasteiger partial charge in [0.15, 0.2) is 0 Å². The first kappa shape index (κ1) is 12.3. The number of hydrogen-bond acceptors (Lipinski definition) is 3. The van der Waals surface area contributed by atoms with Crippen LogP contribution in [0.5, 0.6) is 0 Å². The quantitative estimate of drug-likeness (QED) is 0.817. The summed E-state index contributed by atoms with van der Waals surface area (Å²) in [5, 5.41) is 0. The van der Waals surface area contributed by atoms with E-state index in [4.69, 9.17) is 18.0 Å². The molecule has 1 aromatic heterocycles. The number of pyridine rings is 1. The molecule has 0 radical (unpaired) electrons. The highest BCUT2D eigenvalue weighted by Crippen LogP contribution is 2.29. The van der Waals surface area contributed by atoms with Gasteiger partial charge in [-0.1, -0.05) is 19.1 Å². The molecule has 0 amide bonds. The summed E-state index contributed by atoms with van der Waals surface area (Å²) in [5.74, 6) is 0.697. The largest absolute Gasteiger partial charge is 0.388 e. The second-order valence-electron chi connectivity index (χ2n) is 4.79. The van der Waals surface area contributed by atoms with Crippen molar-refractivity contribution < 1.29 is 0 Å². The van der Waals surface area contributed by atoms with E-state index in [1.54, 1.807) is 6.20 Å². The van der Waals surface area contributed by atoms with Crippen LogP contribution in [0.3, 0.4) is 0 Å². The van der Waals surface area contributed by atoms with E-state index in [1.807, 2.05) is 6.07 Å². The van der Waals surface area contributed by atoms with Crippen LogP contribution in [-0.2, 0) is 0 Å². The van der Waals surface area contributed by atoms with Gasteiger partial charge >= 0.3 is 0 Å². The summed E-state index contributed by atoms with van der Waals surface area (Å²) in [7, 11) is 0. The maximum Gasteiger partial charge on any atom is 0.124 e. The summed E-state index contributed by atoms with van der Waals surface area (Å²) in [4.78, 5) is 7.07. The van der Waals surface area contributed by atoms with Gasteiger partial charge < -0.3 is 10.6 Å². The molecule has 2 rings (SSSR count). The van der Waals surface area contributed by atoms with Crippen LogP contribution in [0.4, 0.5) is 5.69 Å². The van der Waals surface area contributed by atoms with E-state index in [1.165, 1.54) is 12.8 Å². The summed E-state index contributed by atoms with van der Waals surface area (Å²) in [5.41, 5.74) is 7.58. The summed E-state index contributed by atoms with van der Waals surface area (Å²) in [6, 6.07) is 4.53. The van der Waals surface area contributed by atoms with Gasteiger partial charge in [-0.2, -0.15) is 0 Å². The van der Waals surface area contributed by atoms with Crippen molar-refractivity contribution in [1.82, 2.24) is 4.98 Å². The summed E-state index contributed by atoms with van der Waals surface area (Å²) >= 11 is 5.08. The van der Waals surface area contributed by atoms with E-state index in [-0.39, 0.29) is 0 Å². The van der Waals surface area contributed by atoms with Crippen molar-refractivity contribution in [2.75, 3.05) is 11.4 Å². The van der Waals surface area contributed by atoms with Gasteiger partial charge in [0.25, 0.3) is 0 Å². The van der Waals surface area contributed by atoms with Crippen LogP contribution in [0, 0.1) is 5.92 Å². The van der Waals surface area contributed by atoms with Gasteiger partial charge in [0.1, 0.15) is 10.7 Å². The van der Waals surface area contributed by atoms with E-state index in [9.17, 15) is 0 Å². The Morgan fingerprint density at radius 1 is 1.53 bits per heavy atom. The highest BCUT2D eigenvalue weighted by atomic mass is 32.1. The van der Waals surface area contributed by atoms with Crippen molar-refractivity contribution >= 4 is 22.9 Å². The molecule has 0 aliphatic carbocycles. The average molecular weight is 249 g/mol. The minimum Gasteiger partial charge on any atom is -0.388 e. The van der Waals surface area contributed by atoms with Crippen LogP contribution >= 0.6 is 12.2 Å². The number of hydrogen-bond donors (Lipinski definition) is 1. The standard InChI is InChI=1S/C13H19N3S/c1-9-5-4-8-16(10(9)2)11-6-3-7-15-12(11)13(14)17/h3,6-7,9-10H,4-5,8H2,1-2H3,(H2,14,17). The number of nitrogens with zero attached hydrogens (tertiary/aromatic N) is 2. The van der Waals surface area contributed by atoms with Gasteiger partial charge in [-0.15, -0.1) is 0 Å². The molecule has 3 nitrogen and oxygen atoms in total. The van der Waals surface area contributed by atoms with Crippen LogP contribution < -0.4 is 10.6 Å². The smallest absolute Gasteiger partial charge is 0.124 e. The maximum absolute atomic E-state index is 5.74. The van der Waals surface area contributed by atoms with Crippen molar-refractivity contribution in [2.24, 2.45) is 11.7 Å². The first-order valence-electron chi connectivity index (χ1n) is 6.12. The van der Waals surface area contributed by atoms with Gasteiger partial charge in [0.2, 0.25) is 0 Å². The predicted octanol–water partition coefficient (Wildman–Crippen LogP) is 2.34. The minimum atomic E-state index is 0.381. The first-order valence-corrected chi connectivity index (χ1v) is 6.53. The molecule has 4 heteroatoms. The first-order chi connectivity index (χ1) is 8.11. The van der Waals surface area contributed by atoms with E-state index in [0.717, 1.165) is 17.9 Å². The number of rotatable bonds is 2. The molecule has 1 aromatic rings. The molecule has 1 fully saturated rings. The Bertz CT molecular complexity index is 419. The molecule has 2 heterocycles. The van der Waals surface area contributed by atoms with E-state index >= 15 is 0 Å². The van der Waals surface area contributed by atoms with Crippen molar-refractivity contribution in [3.63, 3.8) is 0 Å². The molecule has 1 aliphatic heterocycles. The summed E-state index contributed by atoms with van der Waals surface area (Å²) in [6.45, 7) is 5.63. The second kappa shape index (κ2) is 5.00. The third-order valence-corrected chi connectivity index (χ3v) is 3.90. The van der Waals surface area contributed by atoms with E-state index in [0.29, 0.717) is 16.9 Å². The molecule has 0 spiro atoms. The fourth-order valence-corrected chi connectivity index (χ4v) is 2.65. The van der Waals surface area contributed by atoms with Crippen LogP contribution in [-0.4, -0.2) is 22.6 Å². The topological polar surface area (TPSA) is 42.2 Å². The van der Waals surface area contributed by atoms with Crippen molar-refractivity contribution in [3.8, 4) is 0 Å². The third-order valence-electron chi connectivity index (χ3n) is 3.70. The summed E-state index contributed by atoms with van der Waals surface area (Å²) < 4.78 is 0. The van der Waals surface area contributed by atoms with Gasteiger partial charge in [-0.05, 0) is 37.8 Å². The molecule has 0 bridgehead atoms. The lowest BCUT2D eigenvalue weighted by atomic mass is 9.91. The molecule has 1 aliphatic rings. The fourth-order valence-electron chi connectivity index (χ4n) is 2.49. The Morgan fingerprint density at radius 3 is 3.00 bits per heavy atom. The Labute approximate surface area is 108 Å². The lowest BCUT2D eigenvalue weighted by molar-refractivity contribution is 0.363. The normalized spacial score (nSPS) is 24.7. The molecular weight excluding hydrogens is 230 g/mol. The Morgan fingerprint density at radius 2 is 2.29 bits per heavy atom. The van der Waals surface area contributed by atoms with Gasteiger partial charge in [-0.25, -0.2) is 0 Å². The third kappa shape index (κ3) is 2.41. The monoisotopic (exact) mass is 249 g/mol. The van der Waals surface area contributed by atoms with Gasteiger partial charge in [0, 0.05) is 18.8 Å². The van der Waals surface area contributed by atoms with E-state index < -0.39 is 0 Å².